The summed E-state index contributed by atoms with van der Waals surface area (Å²) in [4.78, 5) is 12.2. The number of hydrogen-bond donors (Lipinski definition) is 2. The lowest BCUT2D eigenvalue weighted by Gasteiger charge is -2.13. The molecule has 0 bridgehead atoms. The van der Waals surface area contributed by atoms with Gasteiger partial charge in [-0.3, -0.25) is 4.79 Å². The van der Waals surface area contributed by atoms with Crippen LogP contribution in [0.15, 0.2) is 49.1 Å². The van der Waals surface area contributed by atoms with Crippen molar-refractivity contribution in [3.63, 3.8) is 0 Å². The highest BCUT2D eigenvalue weighted by Crippen LogP contribution is 2.22. The highest BCUT2D eigenvalue weighted by atomic mass is 16.5. The fourth-order valence-corrected chi connectivity index (χ4v) is 2.57. The van der Waals surface area contributed by atoms with Gasteiger partial charge in [-0.05, 0) is 56.2 Å². The van der Waals surface area contributed by atoms with Gasteiger partial charge in [0.1, 0.15) is 12.4 Å². The largest absolute Gasteiger partial charge is 0.490 e. The van der Waals surface area contributed by atoms with Crippen LogP contribution >= 0.6 is 0 Å². The Bertz CT molecular complexity index is 698. The van der Waals surface area contributed by atoms with Crippen molar-refractivity contribution in [1.29, 1.82) is 0 Å². The van der Waals surface area contributed by atoms with Crippen LogP contribution in [0.3, 0.4) is 0 Å². The van der Waals surface area contributed by atoms with E-state index < -0.39 is 0 Å². The Balaban J connectivity index is 1.90. The summed E-state index contributed by atoms with van der Waals surface area (Å²) in [5, 5.41) is 6.09. The van der Waals surface area contributed by atoms with Crippen LogP contribution in [0.2, 0.25) is 0 Å². The highest BCUT2D eigenvalue weighted by molar-refractivity contribution is 5.95. The SMILES string of the molecule is C=CCOc1ccc(NCC(=O)Nc2c(C)cc(C)cc2C)cc1. The molecule has 0 spiro atoms. The topological polar surface area (TPSA) is 50.4 Å². The normalized spacial score (nSPS) is 10.1. The van der Waals surface area contributed by atoms with Gasteiger partial charge in [-0.25, -0.2) is 0 Å². The fraction of sp³-hybridized carbons (Fsp3) is 0.250. The number of amides is 1. The van der Waals surface area contributed by atoms with Crippen LogP contribution in [0.1, 0.15) is 16.7 Å². The van der Waals surface area contributed by atoms with Crippen LogP contribution in [0.25, 0.3) is 0 Å². The van der Waals surface area contributed by atoms with Crippen molar-refractivity contribution in [2.24, 2.45) is 0 Å². The van der Waals surface area contributed by atoms with E-state index in [2.05, 4.69) is 36.3 Å². The molecular weight excluding hydrogens is 300 g/mol. The van der Waals surface area contributed by atoms with E-state index in [1.807, 2.05) is 38.1 Å². The second-order valence-corrected chi connectivity index (χ2v) is 5.80. The first kappa shape index (κ1) is 17.6. The number of ether oxygens (including phenoxy) is 1. The molecule has 0 aromatic heterocycles. The van der Waals surface area contributed by atoms with E-state index in [4.69, 9.17) is 4.74 Å². The third-order valence-electron chi connectivity index (χ3n) is 3.62. The van der Waals surface area contributed by atoms with E-state index in [0.29, 0.717) is 6.61 Å². The number of rotatable bonds is 7. The minimum absolute atomic E-state index is 0.0722. The van der Waals surface area contributed by atoms with Crippen molar-refractivity contribution in [3.05, 3.63) is 65.7 Å². The molecule has 0 aliphatic carbocycles. The van der Waals surface area contributed by atoms with Crippen LogP contribution in [-0.4, -0.2) is 19.1 Å². The molecule has 4 nitrogen and oxygen atoms in total. The minimum Gasteiger partial charge on any atom is -0.490 e. The zero-order chi connectivity index (χ0) is 17.5. The number of nitrogens with one attached hydrogen (secondary N) is 2. The molecule has 2 N–H and O–H groups in total. The van der Waals surface area contributed by atoms with Crippen LogP contribution < -0.4 is 15.4 Å². The first-order valence-corrected chi connectivity index (χ1v) is 7.95. The molecule has 0 saturated carbocycles. The monoisotopic (exact) mass is 324 g/mol. The Hall–Kier alpha value is -2.75. The summed E-state index contributed by atoms with van der Waals surface area (Å²) in [6, 6.07) is 11.6. The zero-order valence-corrected chi connectivity index (χ0v) is 14.5. The summed E-state index contributed by atoms with van der Waals surface area (Å²) >= 11 is 0. The summed E-state index contributed by atoms with van der Waals surface area (Å²) < 4.78 is 5.43. The first-order chi connectivity index (χ1) is 11.5. The molecule has 0 radical (unpaired) electrons. The Morgan fingerprint density at radius 3 is 2.33 bits per heavy atom. The van der Waals surface area contributed by atoms with Crippen molar-refractivity contribution in [3.8, 4) is 5.75 Å². The summed E-state index contributed by atoms with van der Waals surface area (Å²) in [5.41, 5.74) is 5.10. The van der Waals surface area contributed by atoms with Gasteiger partial charge in [0.2, 0.25) is 5.91 Å². The molecule has 2 rings (SSSR count). The Kier molecular flexibility index (Phi) is 6.01. The number of carbonyl (C=O) groups is 1. The third kappa shape index (κ3) is 4.88. The molecule has 24 heavy (non-hydrogen) atoms. The maximum Gasteiger partial charge on any atom is 0.243 e. The molecule has 0 aliphatic heterocycles. The van der Waals surface area contributed by atoms with Crippen LogP contribution in [0, 0.1) is 20.8 Å². The van der Waals surface area contributed by atoms with Gasteiger partial charge in [0, 0.05) is 11.4 Å². The molecule has 2 aromatic rings. The van der Waals surface area contributed by atoms with Crippen LogP contribution in [-0.2, 0) is 4.79 Å². The quantitative estimate of drug-likeness (QED) is 0.750. The molecule has 0 unspecified atom stereocenters. The summed E-state index contributed by atoms with van der Waals surface area (Å²) in [6.07, 6.45) is 1.70. The average Bonchev–Trinajstić information content (AvgIpc) is 2.55. The van der Waals surface area contributed by atoms with E-state index in [1.54, 1.807) is 6.08 Å². The van der Waals surface area contributed by atoms with Crippen molar-refractivity contribution in [2.75, 3.05) is 23.8 Å². The number of carbonyl (C=O) groups excluding carboxylic acids is 1. The van der Waals surface area contributed by atoms with E-state index in [1.165, 1.54) is 5.56 Å². The Morgan fingerprint density at radius 1 is 1.12 bits per heavy atom. The lowest BCUT2D eigenvalue weighted by Crippen LogP contribution is -2.22. The van der Waals surface area contributed by atoms with Crippen LogP contribution in [0.4, 0.5) is 11.4 Å². The smallest absolute Gasteiger partial charge is 0.243 e. The Morgan fingerprint density at radius 2 is 1.75 bits per heavy atom. The molecule has 0 fully saturated rings. The molecular formula is C20H24N2O2. The van der Waals surface area contributed by atoms with Gasteiger partial charge in [-0.2, -0.15) is 0 Å². The van der Waals surface area contributed by atoms with Crippen molar-refractivity contribution in [1.82, 2.24) is 0 Å². The number of hydrogen-bond acceptors (Lipinski definition) is 3. The highest BCUT2D eigenvalue weighted by Gasteiger charge is 2.08. The minimum atomic E-state index is -0.0722. The Labute approximate surface area is 143 Å². The van der Waals surface area contributed by atoms with Gasteiger partial charge >= 0.3 is 0 Å². The zero-order valence-electron chi connectivity index (χ0n) is 14.5. The lowest BCUT2D eigenvalue weighted by molar-refractivity contribution is -0.114. The summed E-state index contributed by atoms with van der Waals surface area (Å²) in [6.45, 7) is 10.4. The maximum absolute atomic E-state index is 12.2. The van der Waals surface area contributed by atoms with Gasteiger partial charge < -0.3 is 15.4 Å². The van der Waals surface area contributed by atoms with Crippen molar-refractivity contribution < 1.29 is 9.53 Å². The van der Waals surface area contributed by atoms with E-state index >= 15 is 0 Å². The summed E-state index contributed by atoms with van der Waals surface area (Å²) in [5.74, 6) is 0.702. The van der Waals surface area contributed by atoms with E-state index in [-0.39, 0.29) is 12.5 Å². The second-order valence-electron chi connectivity index (χ2n) is 5.80. The van der Waals surface area contributed by atoms with E-state index in [0.717, 1.165) is 28.3 Å². The average molecular weight is 324 g/mol. The van der Waals surface area contributed by atoms with Crippen molar-refractivity contribution >= 4 is 17.3 Å². The second kappa shape index (κ2) is 8.20. The standard InChI is InChI=1S/C20H24N2O2/c1-5-10-24-18-8-6-17(7-9-18)21-13-19(23)22-20-15(3)11-14(2)12-16(20)4/h5-9,11-12,21H,1,10,13H2,2-4H3,(H,22,23). The van der Waals surface area contributed by atoms with Gasteiger partial charge in [0.25, 0.3) is 0 Å². The first-order valence-electron chi connectivity index (χ1n) is 7.95. The lowest BCUT2D eigenvalue weighted by atomic mass is 10.1. The van der Waals surface area contributed by atoms with Gasteiger partial charge in [0.05, 0.1) is 6.54 Å². The van der Waals surface area contributed by atoms with E-state index in [9.17, 15) is 4.79 Å². The number of anilines is 2. The molecule has 0 atom stereocenters. The maximum atomic E-state index is 12.2. The third-order valence-corrected chi connectivity index (χ3v) is 3.62. The van der Waals surface area contributed by atoms with Gasteiger partial charge in [-0.1, -0.05) is 30.4 Å². The van der Waals surface area contributed by atoms with Crippen molar-refractivity contribution in [2.45, 2.75) is 20.8 Å². The molecule has 126 valence electrons. The van der Waals surface area contributed by atoms with Crippen LogP contribution in [0.5, 0.6) is 5.75 Å². The molecule has 0 saturated heterocycles. The number of benzene rings is 2. The molecule has 0 aliphatic rings. The fourth-order valence-electron chi connectivity index (χ4n) is 2.57. The molecule has 1 amide bonds. The summed E-state index contributed by atoms with van der Waals surface area (Å²) in [7, 11) is 0. The number of aryl methyl sites for hydroxylation is 3. The predicted octanol–water partition coefficient (Wildman–Crippen LogP) is 4.23. The van der Waals surface area contributed by atoms with Gasteiger partial charge in [0.15, 0.2) is 0 Å². The molecule has 2 aromatic carbocycles. The van der Waals surface area contributed by atoms with Gasteiger partial charge in [-0.15, -0.1) is 0 Å². The predicted molar refractivity (Wildman–Crippen MR) is 99.9 cm³/mol. The molecule has 4 heteroatoms. The molecule has 0 heterocycles.